The van der Waals surface area contributed by atoms with Crippen LogP contribution in [0, 0.1) is 5.92 Å². The number of rotatable bonds is 13. The van der Waals surface area contributed by atoms with Gasteiger partial charge in [-0.25, -0.2) is 4.79 Å². The number of aliphatic carboxylic acids is 1. The van der Waals surface area contributed by atoms with E-state index in [-0.39, 0.29) is 23.8 Å². The molecule has 6 atom stereocenters. The Morgan fingerprint density at radius 1 is 0.971 bits per heavy atom. The lowest BCUT2D eigenvalue weighted by Crippen LogP contribution is -2.60. The number of carboxylic acids is 1. The first-order valence-electron chi connectivity index (χ1n) is 10.9. The lowest BCUT2D eigenvalue weighted by molar-refractivity contribution is -0.145. The highest BCUT2D eigenvalue weighted by Gasteiger charge is 2.33. The van der Waals surface area contributed by atoms with Gasteiger partial charge in [-0.3, -0.25) is 14.4 Å². The number of aromatic hydroxyl groups is 1. The minimum Gasteiger partial charge on any atom is -0.508 e. The normalized spacial score (nSPS) is 16.3. The summed E-state index contributed by atoms with van der Waals surface area (Å²) in [6.45, 7) is 4.72. The smallest absolute Gasteiger partial charge is 0.328 e. The fourth-order valence-corrected chi connectivity index (χ4v) is 3.30. The third kappa shape index (κ3) is 8.84. The van der Waals surface area contributed by atoms with Gasteiger partial charge in [0.1, 0.15) is 17.8 Å². The van der Waals surface area contributed by atoms with Crippen molar-refractivity contribution in [3.8, 4) is 5.75 Å². The number of carbonyl (C=O) groups excluding carboxylic acids is 3. The van der Waals surface area contributed by atoms with Crippen LogP contribution in [-0.4, -0.2) is 75.0 Å². The Labute approximate surface area is 203 Å². The van der Waals surface area contributed by atoms with Crippen LogP contribution in [0.25, 0.3) is 0 Å². The second-order valence-corrected chi connectivity index (χ2v) is 8.52. The van der Waals surface area contributed by atoms with Gasteiger partial charge in [0.15, 0.2) is 6.04 Å². The number of nitrogens with one attached hydrogen (secondary N) is 3. The average molecular weight is 499 g/mol. The van der Waals surface area contributed by atoms with Crippen LogP contribution in [0.3, 0.4) is 0 Å². The van der Waals surface area contributed by atoms with Gasteiger partial charge in [0.25, 0.3) is 0 Å². The second kappa shape index (κ2) is 13.8. The van der Waals surface area contributed by atoms with Crippen LogP contribution in [0.5, 0.6) is 5.75 Å². The quantitative estimate of drug-likeness (QED) is 0.161. The summed E-state index contributed by atoms with van der Waals surface area (Å²) in [5, 5.41) is 35.5. The number of hydrogen-bond acceptors (Lipinski definition) is 8. The fourth-order valence-electron chi connectivity index (χ4n) is 3.04. The summed E-state index contributed by atoms with van der Waals surface area (Å²) in [6, 6.07) is 1.45. The molecule has 34 heavy (non-hydrogen) atoms. The molecule has 6 unspecified atom stereocenters. The molecule has 190 valence electrons. The van der Waals surface area contributed by atoms with E-state index < -0.39 is 54.0 Å². The van der Waals surface area contributed by atoms with Crippen LogP contribution in [0.4, 0.5) is 0 Å². The molecule has 0 aromatic heterocycles. The van der Waals surface area contributed by atoms with E-state index in [1.54, 1.807) is 26.0 Å². The Balaban J connectivity index is 2.86. The van der Waals surface area contributed by atoms with Gasteiger partial charge in [0.2, 0.25) is 17.7 Å². The summed E-state index contributed by atoms with van der Waals surface area (Å²) >= 11 is 4.11. The van der Waals surface area contributed by atoms with E-state index in [9.17, 15) is 34.5 Å². The first-order valence-corrected chi connectivity index (χ1v) is 11.5. The number of carbonyl (C=O) groups is 4. The Hall–Kier alpha value is -2.83. The Morgan fingerprint density at radius 3 is 2.00 bits per heavy atom. The summed E-state index contributed by atoms with van der Waals surface area (Å²) in [7, 11) is 0. The number of aliphatic hydroxyl groups is 1. The summed E-state index contributed by atoms with van der Waals surface area (Å²) in [5.41, 5.74) is 6.66. The first-order chi connectivity index (χ1) is 15.9. The molecule has 0 aliphatic heterocycles. The van der Waals surface area contributed by atoms with Gasteiger partial charge in [-0.15, -0.1) is 0 Å². The molecule has 3 amide bonds. The van der Waals surface area contributed by atoms with Gasteiger partial charge in [0, 0.05) is 5.75 Å². The lowest BCUT2D eigenvalue weighted by atomic mass is 9.97. The van der Waals surface area contributed by atoms with E-state index in [2.05, 4.69) is 28.6 Å². The molecule has 0 spiro atoms. The largest absolute Gasteiger partial charge is 0.508 e. The maximum absolute atomic E-state index is 12.8. The van der Waals surface area contributed by atoms with Crippen LogP contribution in [0.2, 0.25) is 0 Å². The standard InChI is InChI=1S/C22H34N4O7S/c1-4-11(2)17(21(31)26-18(12(3)27)22(32)33)25-20(30)16(10-34)24-19(29)15(23)9-13-5-7-14(28)8-6-13/h5-8,11-12,15-18,27-28,34H,4,9-10,23H2,1-3H3,(H,24,29)(H,25,30)(H,26,31)(H,32,33). The molecule has 1 rings (SSSR count). The van der Waals surface area contributed by atoms with Gasteiger partial charge in [-0.1, -0.05) is 32.4 Å². The van der Waals surface area contributed by atoms with Crippen molar-refractivity contribution >= 4 is 36.3 Å². The molecule has 8 N–H and O–H groups in total. The number of phenolic OH excluding ortho intramolecular Hbond substituents is 1. The monoisotopic (exact) mass is 498 g/mol. The van der Waals surface area contributed by atoms with Gasteiger partial charge in [-0.05, 0) is 37.0 Å². The highest BCUT2D eigenvalue weighted by Crippen LogP contribution is 2.12. The van der Waals surface area contributed by atoms with Crippen molar-refractivity contribution in [2.75, 3.05) is 5.75 Å². The van der Waals surface area contributed by atoms with Gasteiger partial charge < -0.3 is 37.0 Å². The van der Waals surface area contributed by atoms with Crippen molar-refractivity contribution in [2.24, 2.45) is 11.7 Å². The average Bonchev–Trinajstić information content (AvgIpc) is 2.79. The lowest BCUT2D eigenvalue weighted by Gasteiger charge is -2.28. The third-order valence-electron chi connectivity index (χ3n) is 5.38. The molecule has 0 bridgehead atoms. The molecule has 0 aliphatic rings. The highest BCUT2D eigenvalue weighted by molar-refractivity contribution is 7.80. The number of thiol groups is 1. The zero-order valence-corrected chi connectivity index (χ0v) is 20.3. The number of benzene rings is 1. The van der Waals surface area contributed by atoms with Crippen molar-refractivity contribution in [1.82, 2.24) is 16.0 Å². The first kappa shape index (κ1) is 29.2. The maximum atomic E-state index is 12.8. The van der Waals surface area contributed by atoms with Crippen molar-refractivity contribution in [1.29, 1.82) is 0 Å². The molecular weight excluding hydrogens is 464 g/mol. The number of amides is 3. The number of aliphatic hydroxyl groups excluding tert-OH is 1. The number of nitrogens with two attached hydrogens (primary N) is 1. The molecule has 0 saturated carbocycles. The van der Waals surface area contributed by atoms with E-state index in [4.69, 9.17) is 5.73 Å². The minimum absolute atomic E-state index is 0.0796. The van der Waals surface area contributed by atoms with E-state index >= 15 is 0 Å². The zero-order valence-electron chi connectivity index (χ0n) is 19.4. The van der Waals surface area contributed by atoms with Gasteiger partial charge in [-0.2, -0.15) is 12.6 Å². The Bertz CT molecular complexity index is 850. The Kier molecular flexibility index (Phi) is 11.8. The summed E-state index contributed by atoms with van der Waals surface area (Å²) < 4.78 is 0. The van der Waals surface area contributed by atoms with Crippen LogP contribution in [-0.2, 0) is 25.6 Å². The Morgan fingerprint density at radius 2 is 1.53 bits per heavy atom. The van der Waals surface area contributed by atoms with Crippen molar-refractivity contribution in [3.05, 3.63) is 29.8 Å². The van der Waals surface area contributed by atoms with Gasteiger partial charge >= 0.3 is 5.97 Å². The summed E-state index contributed by atoms with van der Waals surface area (Å²) in [6.07, 6.45) is -0.699. The van der Waals surface area contributed by atoms with Crippen LogP contribution < -0.4 is 21.7 Å². The summed E-state index contributed by atoms with van der Waals surface area (Å²) in [5.74, 6) is -3.86. The molecule has 0 radical (unpaired) electrons. The minimum atomic E-state index is -1.55. The van der Waals surface area contributed by atoms with E-state index in [0.717, 1.165) is 0 Å². The maximum Gasteiger partial charge on any atom is 0.328 e. The van der Waals surface area contributed by atoms with Crippen molar-refractivity contribution < 1.29 is 34.5 Å². The molecule has 0 heterocycles. The summed E-state index contributed by atoms with van der Waals surface area (Å²) in [4.78, 5) is 49.4. The van der Waals surface area contributed by atoms with Crippen LogP contribution >= 0.6 is 12.6 Å². The highest BCUT2D eigenvalue weighted by atomic mass is 32.1. The van der Waals surface area contributed by atoms with E-state index in [1.165, 1.54) is 19.1 Å². The molecular formula is C22H34N4O7S. The fraction of sp³-hybridized carbons (Fsp3) is 0.545. The predicted octanol–water partition coefficient (Wildman–Crippen LogP) is -0.842. The number of carboxylic acid groups (broad SMARTS) is 1. The third-order valence-corrected chi connectivity index (χ3v) is 5.75. The van der Waals surface area contributed by atoms with Crippen molar-refractivity contribution in [3.63, 3.8) is 0 Å². The van der Waals surface area contributed by atoms with Gasteiger partial charge in [0.05, 0.1) is 12.1 Å². The molecule has 0 aliphatic carbocycles. The molecule has 0 fully saturated rings. The number of phenols is 1. The predicted molar refractivity (Wildman–Crippen MR) is 128 cm³/mol. The zero-order chi connectivity index (χ0) is 26.0. The molecule has 0 saturated heterocycles. The molecule has 12 heteroatoms. The molecule has 1 aromatic rings. The van der Waals surface area contributed by atoms with E-state index in [0.29, 0.717) is 12.0 Å². The van der Waals surface area contributed by atoms with Crippen LogP contribution in [0.15, 0.2) is 24.3 Å². The molecule has 1 aromatic carbocycles. The topological polar surface area (TPSA) is 191 Å². The van der Waals surface area contributed by atoms with Crippen LogP contribution in [0.1, 0.15) is 32.8 Å². The number of hydrogen-bond donors (Lipinski definition) is 8. The SMILES string of the molecule is CCC(C)C(NC(=O)C(CS)NC(=O)C(N)Cc1ccc(O)cc1)C(=O)NC(C(=O)O)C(C)O. The second-order valence-electron chi connectivity index (χ2n) is 8.16. The molecule has 11 nitrogen and oxygen atoms in total. The van der Waals surface area contributed by atoms with Crippen molar-refractivity contribution in [2.45, 2.75) is 63.9 Å². The van der Waals surface area contributed by atoms with E-state index in [1.807, 2.05) is 0 Å².